The van der Waals surface area contributed by atoms with Gasteiger partial charge in [-0.3, -0.25) is 4.98 Å². The van der Waals surface area contributed by atoms with Crippen molar-refractivity contribution in [2.24, 2.45) is 0 Å². The maximum absolute atomic E-state index is 6.79. The topological polar surface area (TPSA) is 51.8 Å². The predicted octanol–water partition coefficient (Wildman–Crippen LogP) is 12.5. The molecule has 10 rings (SSSR count). The van der Waals surface area contributed by atoms with Crippen LogP contribution in [0.25, 0.3) is 98.3 Å². The van der Waals surface area contributed by atoms with E-state index in [0.29, 0.717) is 5.82 Å². The Morgan fingerprint density at radius 3 is 2.02 bits per heavy atom. The van der Waals surface area contributed by atoms with E-state index in [9.17, 15) is 0 Å². The van der Waals surface area contributed by atoms with Gasteiger partial charge in [-0.05, 0) is 47.5 Å². The fraction of sp³-hybridized carbons (Fsp3) is 0. The van der Waals surface area contributed by atoms with Gasteiger partial charge in [-0.2, -0.15) is 0 Å². The highest BCUT2D eigenvalue weighted by molar-refractivity contribution is 7.26. The molecule has 0 aliphatic rings. The zero-order valence-corrected chi connectivity index (χ0v) is 27.6. The zero-order valence-electron chi connectivity index (χ0n) is 26.7. The summed E-state index contributed by atoms with van der Waals surface area (Å²) >= 11 is 1.83. The van der Waals surface area contributed by atoms with Crippen LogP contribution in [0, 0.1) is 0 Å². The Kier molecular flexibility index (Phi) is 6.64. The van der Waals surface area contributed by atoms with Gasteiger partial charge in [0, 0.05) is 71.2 Å². The average Bonchev–Trinajstić information content (AvgIpc) is 3.77. The van der Waals surface area contributed by atoms with Gasteiger partial charge in [0.2, 0.25) is 0 Å². The van der Waals surface area contributed by atoms with Gasteiger partial charge >= 0.3 is 0 Å². The van der Waals surface area contributed by atoms with E-state index >= 15 is 0 Å². The molecule has 5 heteroatoms. The Labute approximate surface area is 292 Å². The molecule has 0 unspecified atom stereocenters. The first-order valence-electron chi connectivity index (χ1n) is 16.6. The molecule has 0 spiro atoms. The molecule has 4 aromatic heterocycles. The zero-order chi connectivity index (χ0) is 33.0. The molecule has 4 heterocycles. The Morgan fingerprint density at radius 1 is 0.460 bits per heavy atom. The first kappa shape index (κ1) is 28.6. The van der Waals surface area contributed by atoms with Crippen LogP contribution >= 0.6 is 11.3 Å². The van der Waals surface area contributed by atoms with E-state index < -0.39 is 0 Å². The molecule has 0 atom stereocenters. The summed E-state index contributed by atoms with van der Waals surface area (Å²) in [6, 6.07) is 52.7. The lowest BCUT2D eigenvalue weighted by Gasteiger charge is -2.14. The minimum Gasteiger partial charge on any atom is -0.455 e. The lowest BCUT2D eigenvalue weighted by Crippen LogP contribution is -1.98. The van der Waals surface area contributed by atoms with Crippen LogP contribution in [0.5, 0.6) is 0 Å². The van der Waals surface area contributed by atoms with Gasteiger partial charge < -0.3 is 4.42 Å². The first-order valence-corrected chi connectivity index (χ1v) is 17.4. The fourth-order valence-corrected chi connectivity index (χ4v) is 8.37. The molecule has 0 radical (unpaired) electrons. The van der Waals surface area contributed by atoms with Gasteiger partial charge in [-0.15, -0.1) is 11.3 Å². The number of hydrogen-bond donors (Lipinski definition) is 0. The third kappa shape index (κ3) is 4.63. The Morgan fingerprint density at radius 2 is 1.14 bits per heavy atom. The normalized spacial score (nSPS) is 11.6. The van der Waals surface area contributed by atoms with Crippen LogP contribution in [0.4, 0.5) is 0 Å². The monoisotopic (exact) mass is 657 g/mol. The number of benzene rings is 6. The van der Waals surface area contributed by atoms with E-state index in [-0.39, 0.29) is 0 Å². The van der Waals surface area contributed by atoms with E-state index in [2.05, 4.69) is 114 Å². The fourth-order valence-electron chi connectivity index (χ4n) is 7.14. The molecule has 0 N–H and O–H groups in total. The molecular weight excluding hydrogens is 631 g/mol. The second-order valence-corrected chi connectivity index (χ2v) is 13.4. The SMILES string of the molecule is c1ccc(-c2cc(-c3ccc(-c4cccc5c4sc4ccccc45)c4oc5ccccc5c34)nc(-c3ccccc3-c3ccncc3)n2)cc1. The van der Waals surface area contributed by atoms with Crippen molar-refractivity contribution >= 4 is 53.4 Å². The van der Waals surface area contributed by atoms with E-state index in [4.69, 9.17) is 14.4 Å². The number of para-hydroxylation sites is 1. The maximum Gasteiger partial charge on any atom is 0.161 e. The van der Waals surface area contributed by atoms with Crippen LogP contribution in [0.2, 0.25) is 0 Å². The minimum absolute atomic E-state index is 0.661. The summed E-state index contributed by atoms with van der Waals surface area (Å²) in [5.74, 6) is 0.661. The first-order chi connectivity index (χ1) is 24.8. The number of rotatable bonds is 5. The standard InChI is InChI=1S/C45H27N3OS/c1-2-11-29(12-3-1)38-27-39(48-45(47-38)35-15-5-4-13-30(35)28-23-25-46-26-24-28)36-22-21-32(43-42(36)37-16-6-8-19-40(37)49-43)34-18-10-17-33-31-14-7-9-20-41(31)50-44(33)34/h1-27H. The number of fused-ring (bicyclic) bond motifs is 6. The number of aromatic nitrogens is 3. The Bertz CT molecular complexity index is 2870. The third-order valence-corrected chi connectivity index (χ3v) is 10.7. The van der Waals surface area contributed by atoms with Crippen molar-refractivity contribution in [3.63, 3.8) is 0 Å². The van der Waals surface area contributed by atoms with Crippen molar-refractivity contribution in [1.82, 2.24) is 15.0 Å². The van der Waals surface area contributed by atoms with Gasteiger partial charge in [0.1, 0.15) is 11.2 Å². The largest absolute Gasteiger partial charge is 0.455 e. The van der Waals surface area contributed by atoms with Crippen LogP contribution in [0.3, 0.4) is 0 Å². The molecule has 234 valence electrons. The highest BCUT2D eigenvalue weighted by Gasteiger charge is 2.22. The third-order valence-electron chi connectivity index (χ3n) is 9.45. The summed E-state index contributed by atoms with van der Waals surface area (Å²) in [4.78, 5) is 14.8. The summed E-state index contributed by atoms with van der Waals surface area (Å²) in [5, 5.41) is 4.64. The summed E-state index contributed by atoms with van der Waals surface area (Å²) < 4.78 is 9.32. The number of thiophene rings is 1. The van der Waals surface area contributed by atoms with Crippen molar-refractivity contribution in [3.8, 4) is 56.2 Å². The number of hydrogen-bond acceptors (Lipinski definition) is 5. The van der Waals surface area contributed by atoms with Crippen LogP contribution < -0.4 is 0 Å². The maximum atomic E-state index is 6.79. The van der Waals surface area contributed by atoms with E-state index in [1.54, 1.807) is 0 Å². The molecule has 4 nitrogen and oxygen atoms in total. The quantitative estimate of drug-likeness (QED) is 0.185. The molecule has 0 saturated heterocycles. The van der Waals surface area contributed by atoms with E-state index in [1.807, 2.05) is 66.2 Å². The molecule has 0 aliphatic heterocycles. The van der Waals surface area contributed by atoms with Crippen molar-refractivity contribution < 1.29 is 4.42 Å². The molecule has 0 bridgehead atoms. The molecule has 6 aromatic carbocycles. The Balaban J connectivity index is 1.25. The van der Waals surface area contributed by atoms with Crippen LogP contribution in [-0.2, 0) is 0 Å². The average molecular weight is 658 g/mol. The van der Waals surface area contributed by atoms with Crippen LogP contribution in [0.1, 0.15) is 0 Å². The molecular formula is C45H27N3OS. The Hall–Kier alpha value is -6.43. The molecule has 0 fully saturated rings. The van der Waals surface area contributed by atoms with Gasteiger partial charge in [0.25, 0.3) is 0 Å². The summed E-state index contributed by atoms with van der Waals surface area (Å²) in [6.45, 7) is 0. The summed E-state index contributed by atoms with van der Waals surface area (Å²) in [5.41, 5.74) is 10.7. The number of pyridine rings is 1. The minimum atomic E-state index is 0.661. The van der Waals surface area contributed by atoms with Crippen LogP contribution in [-0.4, -0.2) is 15.0 Å². The summed E-state index contributed by atoms with van der Waals surface area (Å²) in [7, 11) is 0. The van der Waals surface area contributed by atoms with Crippen molar-refractivity contribution in [3.05, 3.63) is 164 Å². The van der Waals surface area contributed by atoms with Gasteiger partial charge in [-0.1, -0.05) is 115 Å². The second-order valence-electron chi connectivity index (χ2n) is 12.4. The molecule has 0 saturated carbocycles. The predicted molar refractivity (Wildman–Crippen MR) is 207 cm³/mol. The van der Waals surface area contributed by atoms with E-state index in [1.165, 1.54) is 25.7 Å². The van der Waals surface area contributed by atoms with Crippen LogP contribution in [0.15, 0.2) is 168 Å². The van der Waals surface area contributed by atoms with Crippen molar-refractivity contribution in [1.29, 1.82) is 0 Å². The molecule has 0 amide bonds. The van der Waals surface area contributed by atoms with E-state index in [0.717, 1.165) is 66.7 Å². The number of furan rings is 1. The van der Waals surface area contributed by atoms with Crippen molar-refractivity contribution in [2.45, 2.75) is 0 Å². The molecule has 10 aromatic rings. The van der Waals surface area contributed by atoms with Gasteiger partial charge in [0.15, 0.2) is 5.82 Å². The number of nitrogens with zero attached hydrogens (tertiary/aromatic N) is 3. The lowest BCUT2D eigenvalue weighted by molar-refractivity contribution is 0.670. The smallest absolute Gasteiger partial charge is 0.161 e. The highest BCUT2D eigenvalue weighted by atomic mass is 32.1. The van der Waals surface area contributed by atoms with Gasteiger partial charge in [-0.25, -0.2) is 9.97 Å². The molecule has 50 heavy (non-hydrogen) atoms. The summed E-state index contributed by atoms with van der Waals surface area (Å²) in [6.07, 6.45) is 3.64. The second kappa shape index (κ2) is 11.6. The van der Waals surface area contributed by atoms with Crippen molar-refractivity contribution in [2.75, 3.05) is 0 Å². The highest BCUT2D eigenvalue weighted by Crippen LogP contribution is 2.46. The lowest BCUT2D eigenvalue weighted by atomic mass is 9.95. The van der Waals surface area contributed by atoms with Gasteiger partial charge in [0.05, 0.1) is 11.4 Å². The molecule has 0 aliphatic carbocycles.